The smallest absolute Gasteiger partial charge is 0.335 e. The van der Waals surface area contributed by atoms with E-state index in [2.05, 4.69) is 29.7 Å². The van der Waals surface area contributed by atoms with Crippen molar-refractivity contribution in [1.82, 2.24) is 14.1 Å². The zero-order chi connectivity index (χ0) is 18.4. The number of fused-ring (bicyclic) bond motifs is 2. The van der Waals surface area contributed by atoms with Crippen molar-refractivity contribution in [1.29, 1.82) is 0 Å². The lowest BCUT2D eigenvalue weighted by atomic mass is 10.2. The molecule has 0 aliphatic carbocycles. The number of aromatic nitrogens is 3. The standard InChI is InChI=1S/C20H19N3O3/c1-4-23-15-8-6-5-7-12(15)10-16(23)19-21-14-9-13(20(24)25)11-17(26-3)18(14)22(19)2/h5-11H,4H2,1-3H3,(H,24,25). The Morgan fingerprint density at radius 3 is 2.69 bits per heavy atom. The molecule has 0 unspecified atom stereocenters. The number of benzene rings is 2. The fourth-order valence-electron chi connectivity index (χ4n) is 3.55. The Labute approximate surface area is 150 Å². The van der Waals surface area contributed by atoms with Gasteiger partial charge >= 0.3 is 5.97 Å². The summed E-state index contributed by atoms with van der Waals surface area (Å²) in [5.74, 6) is 0.277. The maximum atomic E-state index is 11.4. The molecule has 0 spiro atoms. The first-order valence-electron chi connectivity index (χ1n) is 8.41. The van der Waals surface area contributed by atoms with Gasteiger partial charge in [-0.25, -0.2) is 9.78 Å². The van der Waals surface area contributed by atoms with Crippen molar-refractivity contribution in [3.05, 3.63) is 48.0 Å². The Balaban J connectivity index is 2.04. The molecule has 0 saturated heterocycles. The summed E-state index contributed by atoms with van der Waals surface area (Å²) in [6, 6.07) is 13.4. The number of hydrogen-bond donors (Lipinski definition) is 1. The van der Waals surface area contributed by atoms with Crippen LogP contribution in [0, 0.1) is 0 Å². The average Bonchev–Trinajstić information content (AvgIpc) is 3.18. The van der Waals surface area contributed by atoms with Crippen molar-refractivity contribution in [2.75, 3.05) is 7.11 Å². The number of methoxy groups -OCH3 is 1. The predicted octanol–water partition coefficient (Wildman–Crippen LogP) is 3.92. The number of carboxylic acid groups (broad SMARTS) is 1. The molecule has 2 heterocycles. The molecule has 6 heteroatoms. The van der Waals surface area contributed by atoms with Crippen LogP contribution in [0.2, 0.25) is 0 Å². The van der Waals surface area contributed by atoms with Crippen LogP contribution in [0.3, 0.4) is 0 Å². The molecule has 2 aromatic heterocycles. The van der Waals surface area contributed by atoms with Gasteiger partial charge in [-0.2, -0.15) is 0 Å². The molecule has 2 aromatic carbocycles. The van der Waals surface area contributed by atoms with E-state index in [1.807, 2.05) is 23.7 Å². The van der Waals surface area contributed by atoms with Crippen molar-refractivity contribution < 1.29 is 14.6 Å². The van der Waals surface area contributed by atoms with Gasteiger partial charge in [0.05, 0.1) is 23.9 Å². The van der Waals surface area contributed by atoms with E-state index in [4.69, 9.17) is 9.72 Å². The van der Waals surface area contributed by atoms with E-state index in [-0.39, 0.29) is 5.56 Å². The third-order valence-corrected chi connectivity index (χ3v) is 4.76. The van der Waals surface area contributed by atoms with Crippen molar-refractivity contribution in [3.63, 3.8) is 0 Å². The van der Waals surface area contributed by atoms with Crippen LogP contribution >= 0.6 is 0 Å². The molecule has 0 aliphatic rings. The average molecular weight is 349 g/mol. The molecule has 0 amide bonds. The third-order valence-electron chi connectivity index (χ3n) is 4.76. The number of carbonyl (C=O) groups is 1. The fourth-order valence-corrected chi connectivity index (χ4v) is 3.55. The Bertz CT molecular complexity index is 1150. The minimum Gasteiger partial charge on any atom is -0.494 e. The lowest BCUT2D eigenvalue weighted by Gasteiger charge is -2.09. The SMILES string of the molecule is CCn1c(-c2nc3cc(C(=O)O)cc(OC)c3n2C)cc2ccccc21. The minimum absolute atomic E-state index is 0.162. The molecule has 0 atom stereocenters. The van der Waals surface area contributed by atoms with E-state index in [1.165, 1.54) is 13.2 Å². The van der Waals surface area contributed by atoms with Gasteiger partial charge < -0.3 is 19.0 Å². The molecular formula is C20H19N3O3. The highest BCUT2D eigenvalue weighted by atomic mass is 16.5. The number of rotatable bonds is 4. The highest BCUT2D eigenvalue weighted by Gasteiger charge is 2.20. The van der Waals surface area contributed by atoms with Gasteiger partial charge in [-0.05, 0) is 31.2 Å². The Morgan fingerprint density at radius 2 is 2.00 bits per heavy atom. The van der Waals surface area contributed by atoms with Gasteiger partial charge in [-0.1, -0.05) is 18.2 Å². The fraction of sp³-hybridized carbons (Fsp3) is 0.200. The summed E-state index contributed by atoms with van der Waals surface area (Å²) in [6.07, 6.45) is 0. The monoisotopic (exact) mass is 349 g/mol. The number of nitrogens with zero attached hydrogens (tertiary/aromatic N) is 3. The van der Waals surface area contributed by atoms with Crippen LogP contribution in [-0.4, -0.2) is 32.3 Å². The van der Waals surface area contributed by atoms with E-state index >= 15 is 0 Å². The van der Waals surface area contributed by atoms with E-state index in [9.17, 15) is 9.90 Å². The van der Waals surface area contributed by atoms with Gasteiger partial charge in [0.1, 0.15) is 11.3 Å². The number of ether oxygens (including phenoxy) is 1. The summed E-state index contributed by atoms with van der Waals surface area (Å²) in [5, 5.41) is 10.5. The highest BCUT2D eigenvalue weighted by molar-refractivity contribution is 5.96. The summed E-state index contributed by atoms with van der Waals surface area (Å²) in [7, 11) is 3.46. The third kappa shape index (κ3) is 2.26. The van der Waals surface area contributed by atoms with Crippen LogP contribution in [0.5, 0.6) is 5.75 Å². The lowest BCUT2D eigenvalue weighted by molar-refractivity contribution is 0.0696. The summed E-state index contributed by atoms with van der Waals surface area (Å²) in [4.78, 5) is 16.1. The molecule has 26 heavy (non-hydrogen) atoms. The van der Waals surface area contributed by atoms with Gasteiger partial charge in [-0.15, -0.1) is 0 Å². The predicted molar refractivity (Wildman–Crippen MR) is 101 cm³/mol. The van der Waals surface area contributed by atoms with Crippen LogP contribution in [-0.2, 0) is 13.6 Å². The van der Waals surface area contributed by atoms with Gasteiger partial charge in [0.15, 0.2) is 5.82 Å². The Hall–Kier alpha value is -3.28. The van der Waals surface area contributed by atoms with E-state index in [0.717, 1.165) is 34.5 Å². The first kappa shape index (κ1) is 16.2. The van der Waals surface area contributed by atoms with Crippen LogP contribution < -0.4 is 4.74 Å². The van der Waals surface area contributed by atoms with Crippen molar-refractivity contribution in [2.24, 2.45) is 7.05 Å². The van der Waals surface area contributed by atoms with Crippen LogP contribution in [0.1, 0.15) is 17.3 Å². The summed E-state index contributed by atoms with van der Waals surface area (Å²) >= 11 is 0. The van der Waals surface area contributed by atoms with Crippen molar-refractivity contribution in [2.45, 2.75) is 13.5 Å². The van der Waals surface area contributed by atoms with E-state index in [0.29, 0.717) is 11.3 Å². The molecule has 0 saturated carbocycles. The molecule has 4 aromatic rings. The summed E-state index contributed by atoms with van der Waals surface area (Å²) in [6.45, 7) is 2.91. The van der Waals surface area contributed by atoms with Crippen LogP contribution in [0.15, 0.2) is 42.5 Å². The zero-order valence-corrected chi connectivity index (χ0v) is 14.9. The number of aryl methyl sites for hydroxylation is 2. The normalized spacial score (nSPS) is 11.3. The number of aromatic carboxylic acids is 1. The molecular weight excluding hydrogens is 330 g/mol. The van der Waals surface area contributed by atoms with Crippen molar-refractivity contribution in [3.8, 4) is 17.3 Å². The van der Waals surface area contributed by atoms with Gasteiger partial charge in [0.2, 0.25) is 0 Å². The van der Waals surface area contributed by atoms with E-state index in [1.54, 1.807) is 6.07 Å². The van der Waals surface area contributed by atoms with Gasteiger partial charge in [0.25, 0.3) is 0 Å². The first-order chi connectivity index (χ1) is 12.5. The minimum atomic E-state index is -1.000. The molecule has 0 bridgehead atoms. The highest BCUT2D eigenvalue weighted by Crippen LogP contribution is 2.34. The second-order valence-electron chi connectivity index (χ2n) is 6.18. The second-order valence-corrected chi connectivity index (χ2v) is 6.18. The molecule has 0 fully saturated rings. The Morgan fingerprint density at radius 1 is 1.23 bits per heavy atom. The number of hydrogen-bond acceptors (Lipinski definition) is 3. The van der Waals surface area contributed by atoms with Crippen LogP contribution in [0.4, 0.5) is 0 Å². The summed E-state index contributed by atoms with van der Waals surface area (Å²) in [5.41, 5.74) is 3.68. The zero-order valence-electron chi connectivity index (χ0n) is 14.9. The molecule has 4 rings (SSSR count). The summed E-state index contributed by atoms with van der Waals surface area (Å²) < 4.78 is 9.60. The largest absolute Gasteiger partial charge is 0.494 e. The van der Waals surface area contributed by atoms with Crippen molar-refractivity contribution >= 4 is 27.9 Å². The Kier molecular flexibility index (Phi) is 3.68. The molecule has 0 aliphatic heterocycles. The molecule has 132 valence electrons. The number of para-hydroxylation sites is 1. The van der Waals surface area contributed by atoms with E-state index < -0.39 is 5.97 Å². The number of imidazole rings is 1. The maximum absolute atomic E-state index is 11.4. The maximum Gasteiger partial charge on any atom is 0.335 e. The first-order valence-corrected chi connectivity index (χ1v) is 8.41. The molecule has 1 N–H and O–H groups in total. The quantitative estimate of drug-likeness (QED) is 0.606. The lowest BCUT2D eigenvalue weighted by Crippen LogP contribution is -2.02. The molecule has 0 radical (unpaired) electrons. The second kappa shape index (κ2) is 5.91. The van der Waals surface area contributed by atoms with Crippen LogP contribution in [0.25, 0.3) is 33.5 Å². The van der Waals surface area contributed by atoms with Gasteiger partial charge in [-0.3, -0.25) is 0 Å². The van der Waals surface area contributed by atoms with Gasteiger partial charge in [0, 0.05) is 24.5 Å². The number of carboxylic acids is 1. The molecule has 6 nitrogen and oxygen atoms in total. The topological polar surface area (TPSA) is 69.3 Å².